The zero-order valence-corrected chi connectivity index (χ0v) is 16.8. The van der Waals surface area contributed by atoms with Crippen molar-refractivity contribution < 1.29 is 19.0 Å². The maximum Gasteiger partial charge on any atom is 0.283 e. The first-order valence-electron chi connectivity index (χ1n) is 8.17. The number of hydrogen-bond donors (Lipinski definition) is 0. The smallest absolute Gasteiger partial charge is 0.283 e. The van der Waals surface area contributed by atoms with Crippen LogP contribution in [0.25, 0.3) is 10.2 Å². The minimum atomic E-state index is -0.400. The number of halogens is 1. The summed E-state index contributed by atoms with van der Waals surface area (Å²) in [4.78, 5) is 17.7. The lowest BCUT2D eigenvalue weighted by Crippen LogP contribution is -2.19. The monoisotopic (exact) mass is 406 g/mol. The summed E-state index contributed by atoms with van der Waals surface area (Å²) in [7, 11) is 4.69. The lowest BCUT2D eigenvalue weighted by atomic mass is 10.2. The van der Waals surface area contributed by atoms with Crippen LogP contribution in [0.4, 0.5) is 0 Å². The summed E-state index contributed by atoms with van der Waals surface area (Å²) >= 11 is 7.78. The molecular formula is C19H19ClN2O4S. The molecule has 0 fully saturated rings. The van der Waals surface area contributed by atoms with Gasteiger partial charge in [0.2, 0.25) is 0 Å². The van der Waals surface area contributed by atoms with Gasteiger partial charge in [0.05, 0.1) is 41.6 Å². The second kappa shape index (κ2) is 8.56. The first kappa shape index (κ1) is 19.4. The minimum absolute atomic E-state index is 0.361. The van der Waals surface area contributed by atoms with Crippen molar-refractivity contribution in [1.29, 1.82) is 0 Å². The van der Waals surface area contributed by atoms with Crippen LogP contribution >= 0.6 is 22.9 Å². The van der Waals surface area contributed by atoms with Gasteiger partial charge in [-0.2, -0.15) is 4.99 Å². The van der Waals surface area contributed by atoms with Gasteiger partial charge in [0.25, 0.3) is 5.91 Å². The average Bonchev–Trinajstić information content (AvgIpc) is 3.03. The quantitative estimate of drug-likeness (QED) is 0.625. The number of methoxy groups -OCH3 is 3. The highest BCUT2D eigenvalue weighted by Crippen LogP contribution is 2.27. The topological polar surface area (TPSA) is 62.1 Å². The zero-order valence-electron chi connectivity index (χ0n) is 15.2. The molecule has 0 spiro atoms. The fourth-order valence-corrected chi connectivity index (χ4v) is 4.10. The second-order valence-electron chi connectivity index (χ2n) is 5.60. The highest BCUT2D eigenvalue weighted by molar-refractivity contribution is 7.16. The second-order valence-corrected chi connectivity index (χ2v) is 7.02. The molecule has 3 aromatic rings. The molecule has 142 valence electrons. The Balaban J connectivity index is 2.12. The highest BCUT2D eigenvalue weighted by atomic mass is 35.5. The van der Waals surface area contributed by atoms with Gasteiger partial charge in [-0.1, -0.05) is 29.0 Å². The van der Waals surface area contributed by atoms with Gasteiger partial charge in [0.1, 0.15) is 11.5 Å². The molecule has 0 aliphatic carbocycles. The maximum atomic E-state index is 12.8. The Labute approximate surface area is 165 Å². The first-order valence-corrected chi connectivity index (χ1v) is 9.36. The molecule has 0 N–H and O–H groups in total. The van der Waals surface area contributed by atoms with Crippen LogP contribution in [0.3, 0.4) is 0 Å². The summed E-state index contributed by atoms with van der Waals surface area (Å²) in [5, 5.41) is 0.607. The molecule has 27 heavy (non-hydrogen) atoms. The third kappa shape index (κ3) is 4.00. The van der Waals surface area contributed by atoms with Crippen molar-refractivity contribution in [1.82, 2.24) is 4.57 Å². The van der Waals surface area contributed by atoms with Crippen molar-refractivity contribution in [2.45, 2.75) is 6.54 Å². The number of ether oxygens (including phenoxy) is 3. The number of aromatic nitrogens is 1. The molecule has 0 saturated heterocycles. The van der Waals surface area contributed by atoms with Crippen molar-refractivity contribution in [3.8, 4) is 11.5 Å². The van der Waals surface area contributed by atoms with Crippen LogP contribution in [0.1, 0.15) is 10.4 Å². The molecule has 1 amide bonds. The Hall–Kier alpha value is -2.35. The summed E-state index contributed by atoms with van der Waals surface area (Å²) in [5.41, 5.74) is 1.20. The zero-order chi connectivity index (χ0) is 19.4. The van der Waals surface area contributed by atoms with Crippen molar-refractivity contribution in [2.24, 2.45) is 4.99 Å². The number of rotatable bonds is 6. The van der Waals surface area contributed by atoms with Crippen LogP contribution < -0.4 is 14.3 Å². The Morgan fingerprint density at radius 2 is 2.00 bits per heavy atom. The number of fused-ring (bicyclic) bond motifs is 1. The molecule has 0 aliphatic heterocycles. The number of thiazole rings is 1. The summed E-state index contributed by atoms with van der Waals surface area (Å²) in [6.07, 6.45) is 0. The number of para-hydroxylation sites is 1. The molecule has 1 aromatic heterocycles. The van der Waals surface area contributed by atoms with E-state index in [9.17, 15) is 4.79 Å². The largest absolute Gasteiger partial charge is 0.497 e. The highest BCUT2D eigenvalue weighted by Gasteiger charge is 2.15. The Kier molecular flexibility index (Phi) is 6.15. The van der Waals surface area contributed by atoms with Crippen LogP contribution in [-0.2, 0) is 11.3 Å². The van der Waals surface area contributed by atoms with Gasteiger partial charge in [-0.05, 0) is 24.3 Å². The normalized spacial score (nSPS) is 11.8. The molecular weight excluding hydrogens is 388 g/mol. The summed E-state index contributed by atoms with van der Waals surface area (Å²) in [6.45, 7) is 1.01. The van der Waals surface area contributed by atoms with Crippen LogP contribution in [0.15, 0.2) is 41.4 Å². The third-order valence-corrected chi connectivity index (χ3v) is 5.36. The molecule has 8 heteroatoms. The van der Waals surface area contributed by atoms with Gasteiger partial charge >= 0.3 is 0 Å². The van der Waals surface area contributed by atoms with E-state index in [1.807, 2.05) is 22.8 Å². The van der Waals surface area contributed by atoms with Crippen molar-refractivity contribution in [3.05, 3.63) is 51.8 Å². The van der Waals surface area contributed by atoms with Gasteiger partial charge in [0, 0.05) is 19.7 Å². The standard InChI is InChI=1S/C19H19ClN2O4S/c1-24-10-9-22-17-14(20)5-4-6-16(17)27-19(22)21-18(23)13-8-7-12(25-2)11-15(13)26-3/h4-8,11H,9-10H2,1-3H3. The van der Waals surface area contributed by atoms with Crippen LogP contribution in [0.2, 0.25) is 5.02 Å². The number of carbonyl (C=O) groups is 1. The van der Waals surface area contributed by atoms with Crippen LogP contribution in [0, 0.1) is 0 Å². The average molecular weight is 407 g/mol. The molecule has 3 rings (SSSR count). The van der Waals surface area contributed by atoms with Gasteiger partial charge in [-0.3, -0.25) is 4.79 Å². The van der Waals surface area contributed by atoms with Gasteiger partial charge in [0.15, 0.2) is 4.80 Å². The van der Waals surface area contributed by atoms with Gasteiger partial charge < -0.3 is 18.8 Å². The molecule has 0 atom stereocenters. The van der Waals surface area contributed by atoms with E-state index in [1.165, 1.54) is 18.4 Å². The molecule has 0 unspecified atom stereocenters. The summed E-state index contributed by atoms with van der Waals surface area (Å²) in [6, 6.07) is 10.6. The fraction of sp³-hybridized carbons (Fsp3) is 0.263. The molecule has 6 nitrogen and oxygen atoms in total. The molecule has 0 radical (unpaired) electrons. The number of nitrogens with zero attached hydrogens (tertiary/aromatic N) is 2. The molecule has 0 bridgehead atoms. The van der Waals surface area contributed by atoms with E-state index in [1.54, 1.807) is 32.4 Å². The van der Waals surface area contributed by atoms with E-state index >= 15 is 0 Å². The third-order valence-electron chi connectivity index (χ3n) is 4.01. The SMILES string of the molecule is COCCn1c(=NC(=O)c2ccc(OC)cc2OC)sc2cccc(Cl)c21. The van der Waals surface area contributed by atoms with Crippen molar-refractivity contribution in [3.63, 3.8) is 0 Å². The first-order chi connectivity index (χ1) is 13.1. The number of carbonyl (C=O) groups excluding carboxylic acids is 1. The number of amides is 1. The van der Waals surface area contributed by atoms with Gasteiger partial charge in [-0.15, -0.1) is 0 Å². The van der Waals surface area contributed by atoms with E-state index in [-0.39, 0.29) is 0 Å². The lowest BCUT2D eigenvalue weighted by Gasteiger charge is -2.08. The Morgan fingerprint density at radius 3 is 2.70 bits per heavy atom. The fourth-order valence-electron chi connectivity index (χ4n) is 2.68. The molecule has 0 saturated carbocycles. The number of benzene rings is 2. The van der Waals surface area contributed by atoms with E-state index in [2.05, 4.69) is 4.99 Å². The number of hydrogen-bond acceptors (Lipinski definition) is 5. The molecule has 0 aliphatic rings. The molecule has 2 aromatic carbocycles. The van der Waals surface area contributed by atoms with E-state index < -0.39 is 5.91 Å². The van der Waals surface area contributed by atoms with E-state index in [0.29, 0.717) is 40.0 Å². The van der Waals surface area contributed by atoms with E-state index in [0.717, 1.165) is 10.2 Å². The maximum absolute atomic E-state index is 12.8. The summed E-state index contributed by atoms with van der Waals surface area (Å²) < 4.78 is 18.5. The lowest BCUT2D eigenvalue weighted by molar-refractivity contribution is 0.0994. The van der Waals surface area contributed by atoms with Crippen LogP contribution in [-0.4, -0.2) is 38.4 Å². The molecule has 1 heterocycles. The van der Waals surface area contributed by atoms with Gasteiger partial charge in [-0.25, -0.2) is 0 Å². The van der Waals surface area contributed by atoms with Crippen molar-refractivity contribution >= 4 is 39.1 Å². The Bertz CT molecular complexity index is 1040. The minimum Gasteiger partial charge on any atom is -0.497 e. The summed E-state index contributed by atoms with van der Waals surface area (Å²) in [5.74, 6) is 0.612. The predicted molar refractivity (Wildman–Crippen MR) is 106 cm³/mol. The Morgan fingerprint density at radius 1 is 1.19 bits per heavy atom. The van der Waals surface area contributed by atoms with E-state index in [4.69, 9.17) is 25.8 Å². The predicted octanol–water partition coefficient (Wildman–Crippen LogP) is 3.76. The van der Waals surface area contributed by atoms with Crippen molar-refractivity contribution in [2.75, 3.05) is 27.9 Å². The van der Waals surface area contributed by atoms with Crippen LogP contribution in [0.5, 0.6) is 11.5 Å².